The third kappa shape index (κ3) is 5.87. The SMILES string of the molecule is CC(C)OCC(=O)NC(Cn1ccnc1)C(C)(C)C. The van der Waals surface area contributed by atoms with Gasteiger partial charge in [0.05, 0.1) is 18.5 Å². The number of rotatable bonds is 6. The van der Waals surface area contributed by atoms with Gasteiger partial charge in [-0.25, -0.2) is 4.98 Å². The maximum Gasteiger partial charge on any atom is 0.246 e. The Labute approximate surface area is 115 Å². The molecule has 108 valence electrons. The largest absolute Gasteiger partial charge is 0.369 e. The monoisotopic (exact) mass is 267 g/mol. The summed E-state index contributed by atoms with van der Waals surface area (Å²) in [7, 11) is 0. The Balaban J connectivity index is 2.58. The molecular formula is C14H25N3O2. The van der Waals surface area contributed by atoms with Gasteiger partial charge in [0.1, 0.15) is 6.61 Å². The second kappa shape index (κ2) is 6.70. The summed E-state index contributed by atoms with van der Waals surface area (Å²) in [6, 6.07) is 0.0324. The van der Waals surface area contributed by atoms with Crippen molar-refractivity contribution in [2.45, 2.75) is 53.3 Å². The molecule has 0 saturated carbocycles. The van der Waals surface area contributed by atoms with Gasteiger partial charge in [-0.05, 0) is 19.3 Å². The first-order chi connectivity index (χ1) is 8.79. The van der Waals surface area contributed by atoms with E-state index in [2.05, 4.69) is 31.1 Å². The van der Waals surface area contributed by atoms with Gasteiger partial charge < -0.3 is 14.6 Å². The molecule has 1 N–H and O–H groups in total. The molecule has 5 nitrogen and oxygen atoms in total. The molecule has 0 aromatic carbocycles. The molecule has 0 aliphatic heterocycles. The van der Waals surface area contributed by atoms with Crippen LogP contribution in [0, 0.1) is 5.41 Å². The summed E-state index contributed by atoms with van der Waals surface area (Å²) in [4.78, 5) is 15.9. The van der Waals surface area contributed by atoms with Gasteiger partial charge >= 0.3 is 0 Å². The third-order valence-corrected chi connectivity index (χ3v) is 2.88. The van der Waals surface area contributed by atoms with Gasteiger partial charge in [-0.15, -0.1) is 0 Å². The Morgan fingerprint density at radius 1 is 1.42 bits per heavy atom. The molecule has 1 aromatic rings. The summed E-state index contributed by atoms with van der Waals surface area (Å²) >= 11 is 0. The topological polar surface area (TPSA) is 56.1 Å². The second-order valence-electron chi connectivity index (χ2n) is 6.11. The smallest absolute Gasteiger partial charge is 0.246 e. The maximum absolute atomic E-state index is 11.9. The molecule has 0 spiro atoms. The number of aromatic nitrogens is 2. The first-order valence-electron chi connectivity index (χ1n) is 6.65. The lowest BCUT2D eigenvalue weighted by atomic mass is 9.86. The Morgan fingerprint density at radius 2 is 2.11 bits per heavy atom. The Hall–Kier alpha value is -1.36. The molecule has 0 aliphatic rings. The van der Waals surface area contributed by atoms with E-state index >= 15 is 0 Å². The van der Waals surface area contributed by atoms with Crippen molar-refractivity contribution in [2.24, 2.45) is 5.41 Å². The summed E-state index contributed by atoms with van der Waals surface area (Å²) in [5.41, 5.74) is -0.0300. The van der Waals surface area contributed by atoms with Crippen molar-refractivity contribution < 1.29 is 9.53 Å². The summed E-state index contributed by atoms with van der Waals surface area (Å²) in [6.07, 6.45) is 5.46. The van der Waals surface area contributed by atoms with Crippen LogP contribution < -0.4 is 5.32 Å². The zero-order chi connectivity index (χ0) is 14.5. The molecule has 1 rings (SSSR count). The molecule has 5 heteroatoms. The van der Waals surface area contributed by atoms with Crippen molar-refractivity contribution in [3.8, 4) is 0 Å². The molecule has 1 heterocycles. The summed E-state index contributed by atoms with van der Waals surface area (Å²) in [6.45, 7) is 11.0. The number of hydrogen-bond acceptors (Lipinski definition) is 3. The Morgan fingerprint density at radius 3 is 2.58 bits per heavy atom. The fourth-order valence-electron chi connectivity index (χ4n) is 1.62. The van der Waals surface area contributed by atoms with E-state index in [9.17, 15) is 4.79 Å². The van der Waals surface area contributed by atoms with Crippen molar-refractivity contribution in [3.05, 3.63) is 18.7 Å². The first kappa shape index (κ1) is 15.7. The predicted molar refractivity (Wildman–Crippen MR) is 74.7 cm³/mol. The van der Waals surface area contributed by atoms with Crippen LogP contribution in [0.25, 0.3) is 0 Å². The van der Waals surface area contributed by atoms with Crippen molar-refractivity contribution in [1.82, 2.24) is 14.9 Å². The summed E-state index contributed by atoms with van der Waals surface area (Å²) < 4.78 is 7.29. The van der Waals surface area contributed by atoms with Gasteiger partial charge in [-0.2, -0.15) is 0 Å². The average molecular weight is 267 g/mol. The molecule has 1 atom stereocenters. The number of hydrogen-bond donors (Lipinski definition) is 1. The van der Waals surface area contributed by atoms with Crippen LogP contribution in [0.15, 0.2) is 18.7 Å². The minimum atomic E-state index is -0.0752. The molecule has 1 unspecified atom stereocenters. The molecule has 1 aromatic heterocycles. The van der Waals surface area contributed by atoms with E-state index in [1.54, 1.807) is 12.5 Å². The highest BCUT2D eigenvalue weighted by Crippen LogP contribution is 2.20. The summed E-state index contributed by atoms with van der Waals surface area (Å²) in [5.74, 6) is -0.0752. The number of nitrogens with one attached hydrogen (secondary N) is 1. The van der Waals surface area contributed by atoms with Crippen molar-refractivity contribution >= 4 is 5.91 Å². The average Bonchev–Trinajstić information content (AvgIpc) is 2.77. The number of carbonyl (C=O) groups excluding carboxylic acids is 1. The molecule has 0 aliphatic carbocycles. The lowest BCUT2D eigenvalue weighted by molar-refractivity contribution is -0.128. The molecule has 0 radical (unpaired) electrons. The van der Waals surface area contributed by atoms with Gasteiger partial charge in [0.25, 0.3) is 0 Å². The third-order valence-electron chi connectivity index (χ3n) is 2.88. The second-order valence-corrected chi connectivity index (χ2v) is 6.11. The van der Waals surface area contributed by atoms with Crippen LogP contribution >= 0.6 is 0 Å². The van der Waals surface area contributed by atoms with E-state index in [0.717, 1.165) is 0 Å². The molecular weight excluding hydrogens is 242 g/mol. The van der Waals surface area contributed by atoms with Gasteiger partial charge in [0.2, 0.25) is 5.91 Å². The quantitative estimate of drug-likeness (QED) is 0.855. The van der Waals surface area contributed by atoms with Crippen LogP contribution in [0.2, 0.25) is 0 Å². The normalized spacial score (nSPS) is 13.6. The predicted octanol–water partition coefficient (Wildman–Crippen LogP) is 1.84. The van der Waals surface area contributed by atoms with E-state index in [4.69, 9.17) is 4.74 Å². The van der Waals surface area contributed by atoms with Crippen LogP contribution in [0.3, 0.4) is 0 Å². The van der Waals surface area contributed by atoms with E-state index in [0.29, 0.717) is 6.54 Å². The highest BCUT2D eigenvalue weighted by atomic mass is 16.5. The van der Waals surface area contributed by atoms with Gasteiger partial charge in [-0.3, -0.25) is 4.79 Å². The van der Waals surface area contributed by atoms with E-state index in [-0.39, 0.29) is 30.1 Å². The first-order valence-corrected chi connectivity index (χ1v) is 6.65. The molecule has 1 amide bonds. The lowest BCUT2D eigenvalue weighted by Gasteiger charge is -2.31. The molecule has 19 heavy (non-hydrogen) atoms. The summed E-state index contributed by atoms with van der Waals surface area (Å²) in [5, 5.41) is 3.04. The lowest BCUT2D eigenvalue weighted by Crippen LogP contribution is -2.47. The number of ether oxygens (including phenoxy) is 1. The standard InChI is InChI=1S/C14H25N3O2/c1-11(2)19-9-13(18)16-12(14(3,4)5)8-17-7-6-15-10-17/h6-7,10-12H,8-9H2,1-5H3,(H,16,18). The molecule has 0 bridgehead atoms. The van der Waals surface area contributed by atoms with E-state index in [1.165, 1.54) is 0 Å². The Bertz CT molecular complexity index is 380. The number of carbonyl (C=O) groups is 1. The van der Waals surface area contributed by atoms with Crippen LogP contribution in [0.1, 0.15) is 34.6 Å². The fourth-order valence-corrected chi connectivity index (χ4v) is 1.62. The van der Waals surface area contributed by atoms with Crippen molar-refractivity contribution in [2.75, 3.05) is 6.61 Å². The minimum Gasteiger partial charge on any atom is -0.369 e. The molecule has 0 fully saturated rings. The van der Waals surface area contributed by atoms with Crippen LogP contribution in [0.4, 0.5) is 0 Å². The number of nitrogens with zero attached hydrogens (tertiary/aromatic N) is 2. The number of amides is 1. The highest BCUT2D eigenvalue weighted by molar-refractivity contribution is 5.77. The van der Waals surface area contributed by atoms with Crippen molar-refractivity contribution in [3.63, 3.8) is 0 Å². The maximum atomic E-state index is 11.9. The van der Waals surface area contributed by atoms with E-state index < -0.39 is 0 Å². The van der Waals surface area contributed by atoms with Gasteiger partial charge in [0.15, 0.2) is 0 Å². The van der Waals surface area contributed by atoms with Gasteiger partial charge in [0, 0.05) is 18.9 Å². The minimum absolute atomic E-state index is 0.0300. The Kier molecular flexibility index (Phi) is 5.54. The zero-order valence-corrected chi connectivity index (χ0v) is 12.5. The molecule has 0 saturated heterocycles. The van der Waals surface area contributed by atoms with Crippen LogP contribution in [-0.4, -0.2) is 34.2 Å². The van der Waals surface area contributed by atoms with Crippen LogP contribution in [-0.2, 0) is 16.1 Å². The van der Waals surface area contributed by atoms with Crippen LogP contribution in [0.5, 0.6) is 0 Å². The fraction of sp³-hybridized carbons (Fsp3) is 0.714. The van der Waals surface area contributed by atoms with Gasteiger partial charge in [-0.1, -0.05) is 20.8 Å². The zero-order valence-electron chi connectivity index (χ0n) is 12.5. The number of imidazole rings is 1. The highest BCUT2D eigenvalue weighted by Gasteiger charge is 2.26. The van der Waals surface area contributed by atoms with Crippen molar-refractivity contribution in [1.29, 1.82) is 0 Å². The van der Waals surface area contributed by atoms with E-state index in [1.807, 2.05) is 24.6 Å².